The summed E-state index contributed by atoms with van der Waals surface area (Å²) in [5, 5.41) is 13.1. The number of aliphatic hydroxyl groups is 1. The summed E-state index contributed by atoms with van der Waals surface area (Å²) >= 11 is 0. The highest BCUT2D eigenvalue weighted by molar-refractivity contribution is 6.12. The fourth-order valence-electron chi connectivity index (χ4n) is 1.95. The van der Waals surface area contributed by atoms with Crippen LogP contribution in [0.25, 0.3) is 0 Å². The number of rotatable bonds is 3. The van der Waals surface area contributed by atoms with Crippen molar-refractivity contribution in [1.29, 1.82) is 0 Å². The average molecular weight is 275 g/mol. The number of aromatic nitrogens is 1. The summed E-state index contributed by atoms with van der Waals surface area (Å²) in [5.74, 6) is 0.455. The molecule has 1 amide bonds. The molecule has 5 nitrogen and oxygen atoms in total. The van der Waals surface area contributed by atoms with Gasteiger partial charge in [-0.15, -0.1) is 0 Å². The van der Waals surface area contributed by atoms with Gasteiger partial charge in [-0.05, 0) is 32.8 Å². The van der Waals surface area contributed by atoms with E-state index >= 15 is 0 Å². The number of aliphatic imine (C=N–C) groups is 1. The van der Waals surface area contributed by atoms with E-state index in [1.54, 1.807) is 32.2 Å². The highest BCUT2D eigenvalue weighted by Crippen LogP contribution is 2.24. The van der Waals surface area contributed by atoms with Crippen LogP contribution in [-0.4, -0.2) is 27.4 Å². The Morgan fingerprint density at radius 2 is 2.00 bits per heavy atom. The van der Waals surface area contributed by atoms with Crippen molar-refractivity contribution in [3.05, 3.63) is 29.6 Å². The van der Waals surface area contributed by atoms with Crippen LogP contribution in [0.5, 0.6) is 0 Å². The topological polar surface area (TPSA) is 74.6 Å². The van der Waals surface area contributed by atoms with E-state index in [1.807, 2.05) is 20.8 Å². The summed E-state index contributed by atoms with van der Waals surface area (Å²) in [4.78, 5) is 20.4. The van der Waals surface area contributed by atoms with Gasteiger partial charge in [-0.2, -0.15) is 4.99 Å². The van der Waals surface area contributed by atoms with E-state index in [0.717, 1.165) is 5.56 Å². The Morgan fingerprint density at radius 3 is 2.40 bits per heavy atom. The summed E-state index contributed by atoms with van der Waals surface area (Å²) in [5.41, 5.74) is -0.279. The Balaban J connectivity index is 2.27. The van der Waals surface area contributed by atoms with Crippen molar-refractivity contribution in [1.82, 2.24) is 10.3 Å². The van der Waals surface area contributed by atoms with Crippen molar-refractivity contribution < 1.29 is 9.90 Å². The maximum absolute atomic E-state index is 12.0. The zero-order chi connectivity index (χ0) is 15.1. The van der Waals surface area contributed by atoms with Crippen LogP contribution in [0.3, 0.4) is 0 Å². The minimum atomic E-state index is -0.932. The monoisotopic (exact) mass is 275 g/mol. The standard InChI is InChI=1S/C15H21N3O2/c1-9(2)15(5)13(19)17-12(18-15)11-7-6-10(8-16-11)14(3,4)20/h6-9,20H,1-5H3,(H,17,18,19). The molecule has 1 aromatic rings. The fraction of sp³-hybridized carbons (Fsp3) is 0.533. The van der Waals surface area contributed by atoms with E-state index < -0.39 is 11.1 Å². The lowest BCUT2D eigenvalue weighted by Crippen LogP contribution is -2.50. The Labute approximate surface area is 119 Å². The number of pyridine rings is 1. The number of hydrogen-bond acceptors (Lipinski definition) is 4. The lowest BCUT2D eigenvalue weighted by Gasteiger charge is -2.27. The maximum atomic E-state index is 12.0. The maximum Gasteiger partial charge on any atom is 0.273 e. The quantitative estimate of drug-likeness (QED) is 0.878. The highest BCUT2D eigenvalue weighted by Gasteiger charge is 2.42. The molecule has 1 aliphatic rings. The third-order valence-electron chi connectivity index (χ3n) is 3.90. The van der Waals surface area contributed by atoms with Crippen LogP contribution in [0.1, 0.15) is 45.9 Å². The lowest BCUT2D eigenvalue weighted by molar-refractivity contribution is -0.123. The van der Waals surface area contributed by atoms with Crippen LogP contribution < -0.4 is 5.32 Å². The van der Waals surface area contributed by atoms with Crippen molar-refractivity contribution in [2.24, 2.45) is 10.9 Å². The van der Waals surface area contributed by atoms with Gasteiger partial charge in [0.25, 0.3) is 5.91 Å². The molecule has 0 aliphatic carbocycles. The van der Waals surface area contributed by atoms with Gasteiger partial charge >= 0.3 is 0 Å². The van der Waals surface area contributed by atoms with Crippen LogP contribution in [-0.2, 0) is 10.4 Å². The van der Waals surface area contributed by atoms with Gasteiger partial charge < -0.3 is 10.4 Å². The molecule has 0 fully saturated rings. The van der Waals surface area contributed by atoms with E-state index in [0.29, 0.717) is 11.5 Å². The van der Waals surface area contributed by atoms with Gasteiger partial charge in [0.1, 0.15) is 11.2 Å². The molecule has 0 aromatic carbocycles. The molecular formula is C15H21N3O2. The first-order valence-corrected chi connectivity index (χ1v) is 6.75. The van der Waals surface area contributed by atoms with Crippen LogP contribution in [0.4, 0.5) is 0 Å². The minimum absolute atomic E-state index is 0.131. The third kappa shape index (κ3) is 2.45. The predicted molar refractivity (Wildman–Crippen MR) is 77.4 cm³/mol. The molecule has 2 N–H and O–H groups in total. The summed E-state index contributed by atoms with van der Waals surface area (Å²) in [6.45, 7) is 9.22. The zero-order valence-corrected chi connectivity index (χ0v) is 12.6. The van der Waals surface area contributed by atoms with Crippen molar-refractivity contribution >= 4 is 11.7 Å². The number of carbonyl (C=O) groups is 1. The molecule has 1 aliphatic heterocycles. The molecule has 0 saturated carbocycles. The Morgan fingerprint density at radius 1 is 1.35 bits per heavy atom. The second-order valence-corrected chi connectivity index (χ2v) is 6.24. The minimum Gasteiger partial charge on any atom is -0.386 e. The zero-order valence-electron chi connectivity index (χ0n) is 12.6. The van der Waals surface area contributed by atoms with Crippen LogP contribution in [0, 0.1) is 5.92 Å². The number of nitrogens with zero attached hydrogens (tertiary/aromatic N) is 2. The van der Waals surface area contributed by atoms with E-state index in [1.165, 1.54) is 0 Å². The molecule has 1 atom stereocenters. The molecule has 2 heterocycles. The van der Waals surface area contributed by atoms with Crippen LogP contribution >= 0.6 is 0 Å². The van der Waals surface area contributed by atoms with Crippen LogP contribution in [0.2, 0.25) is 0 Å². The van der Waals surface area contributed by atoms with Crippen molar-refractivity contribution in [3.8, 4) is 0 Å². The van der Waals surface area contributed by atoms with Gasteiger partial charge in [0.2, 0.25) is 0 Å². The molecule has 0 bridgehead atoms. The van der Waals surface area contributed by atoms with Gasteiger partial charge in [0, 0.05) is 11.8 Å². The summed E-state index contributed by atoms with van der Waals surface area (Å²) < 4.78 is 0. The Kier molecular flexibility index (Phi) is 3.42. The van der Waals surface area contributed by atoms with E-state index in [2.05, 4.69) is 15.3 Å². The van der Waals surface area contributed by atoms with Gasteiger partial charge in [-0.25, -0.2) is 0 Å². The number of amides is 1. The SMILES string of the molecule is CC(C)C1(C)NC(c2ccc(C(C)(C)O)cn2)=NC1=O. The molecule has 5 heteroatoms. The van der Waals surface area contributed by atoms with E-state index in [9.17, 15) is 9.90 Å². The molecule has 108 valence electrons. The Hall–Kier alpha value is -1.75. The summed E-state index contributed by atoms with van der Waals surface area (Å²) in [6, 6.07) is 3.56. The van der Waals surface area contributed by atoms with E-state index in [4.69, 9.17) is 0 Å². The second kappa shape index (κ2) is 4.66. The first-order valence-electron chi connectivity index (χ1n) is 6.75. The first kappa shape index (κ1) is 14.7. The smallest absolute Gasteiger partial charge is 0.273 e. The molecule has 0 saturated heterocycles. The molecular weight excluding hydrogens is 254 g/mol. The van der Waals surface area contributed by atoms with Crippen molar-refractivity contribution in [2.45, 2.75) is 45.8 Å². The molecule has 1 unspecified atom stereocenters. The van der Waals surface area contributed by atoms with Gasteiger partial charge in [0.05, 0.1) is 5.60 Å². The summed E-state index contributed by atoms with van der Waals surface area (Å²) in [6.07, 6.45) is 1.61. The number of hydrogen-bond donors (Lipinski definition) is 2. The predicted octanol–water partition coefficient (Wildman–Crippen LogP) is 1.60. The molecule has 1 aromatic heterocycles. The van der Waals surface area contributed by atoms with E-state index in [-0.39, 0.29) is 11.8 Å². The number of nitrogens with one attached hydrogen (secondary N) is 1. The average Bonchev–Trinajstić information content (AvgIpc) is 2.66. The molecule has 2 rings (SSSR count). The normalized spacial score (nSPS) is 22.9. The fourth-order valence-corrected chi connectivity index (χ4v) is 1.95. The largest absolute Gasteiger partial charge is 0.386 e. The van der Waals surface area contributed by atoms with Gasteiger partial charge in [0.15, 0.2) is 5.84 Å². The molecule has 20 heavy (non-hydrogen) atoms. The van der Waals surface area contributed by atoms with Gasteiger partial charge in [-0.3, -0.25) is 9.78 Å². The second-order valence-electron chi connectivity index (χ2n) is 6.24. The summed E-state index contributed by atoms with van der Waals surface area (Å²) in [7, 11) is 0. The van der Waals surface area contributed by atoms with Crippen LogP contribution in [0.15, 0.2) is 23.3 Å². The first-order chi connectivity index (χ1) is 9.14. The van der Waals surface area contributed by atoms with Gasteiger partial charge in [-0.1, -0.05) is 19.9 Å². The van der Waals surface area contributed by atoms with Crippen molar-refractivity contribution in [2.75, 3.05) is 0 Å². The third-order valence-corrected chi connectivity index (χ3v) is 3.90. The molecule has 0 spiro atoms. The Bertz CT molecular complexity index is 555. The number of carbonyl (C=O) groups excluding carboxylic acids is 1. The number of amidine groups is 1. The molecule has 0 radical (unpaired) electrons. The highest BCUT2D eigenvalue weighted by atomic mass is 16.3. The van der Waals surface area contributed by atoms with Crippen molar-refractivity contribution in [3.63, 3.8) is 0 Å². The lowest BCUT2D eigenvalue weighted by atomic mass is 9.88.